The van der Waals surface area contributed by atoms with Crippen LogP contribution in [0.1, 0.15) is 25.3 Å². The molecule has 2 aromatic heterocycles. The number of nitrogens with zero attached hydrogens (tertiary/aromatic N) is 3. The van der Waals surface area contributed by atoms with Gasteiger partial charge in [0.25, 0.3) is 0 Å². The van der Waals surface area contributed by atoms with Gasteiger partial charge >= 0.3 is 0 Å². The molecule has 3 heterocycles. The lowest BCUT2D eigenvalue weighted by Gasteiger charge is -2.40. The fourth-order valence-electron chi connectivity index (χ4n) is 4.37. The summed E-state index contributed by atoms with van der Waals surface area (Å²) in [6.45, 7) is 5.74. The molecular weight excluding hydrogens is 484 g/mol. The summed E-state index contributed by atoms with van der Waals surface area (Å²) in [7, 11) is 0. The van der Waals surface area contributed by atoms with Crippen LogP contribution in [0.25, 0.3) is 11.1 Å². The summed E-state index contributed by atoms with van der Waals surface area (Å²) in [5.41, 5.74) is 2.23. The Morgan fingerprint density at radius 2 is 1.97 bits per heavy atom. The van der Waals surface area contributed by atoms with Crippen molar-refractivity contribution >= 4 is 29.5 Å². The average Bonchev–Trinajstić information content (AvgIpc) is 3.68. The summed E-state index contributed by atoms with van der Waals surface area (Å²) in [4.78, 5) is 34.4. The van der Waals surface area contributed by atoms with E-state index in [0.29, 0.717) is 31.3 Å². The fraction of sp³-hybridized carbons (Fsp3) is 0.346. The number of amides is 1. The van der Waals surface area contributed by atoms with Crippen molar-refractivity contribution in [3.63, 3.8) is 0 Å². The molecular formula is C26H27F2N5O2S. The largest absolute Gasteiger partial charge is 0.353 e. The molecule has 2 aliphatic rings. The summed E-state index contributed by atoms with van der Waals surface area (Å²) in [6, 6.07) is 8.75. The highest BCUT2D eigenvalue weighted by atomic mass is 32.2. The van der Waals surface area contributed by atoms with E-state index in [9.17, 15) is 18.4 Å². The molecule has 3 aromatic rings. The second kappa shape index (κ2) is 10.0. The third-order valence-corrected chi connectivity index (χ3v) is 7.56. The first-order valence-corrected chi connectivity index (χ1v) is 12.7. The third kappa shape index (κ3) is 5.44. The van der Waals surface area contributed by atoms with Crippen LogP contribution >= 0.6 is 11.9 Å². The number of rotatable bonds is 6. The predicted molar refractivity (Wildman–Crippen MR) is 137 cm³/mol. The molecule has 7 nitrogen and oxygen atoms in total. The Morgan fingerprint density at radius 1 is 1.17 bits per heavy atom. The van der Waals surface area contributed by atoms with Crippen LogP contribution in [0.5, 0.6) is 0 Å². The Morgan fingerprint density at radius 3 is 2.72 bits per heavy atom. The van der Waals surface area contributed by atoms with Crippen LogP contribution in [-0.4, -0.2) is 45.9 Å². The molecule has 1 amide bonds. The summed E-state index contributed by atoms with van der Waals surface area (Å²) in [6.07, 6.45) is 3.51. The molecule has 1 aromatic carbocycles. The van der Waals surface area contributed by atoms with Crippen molar-refractivity contribution in [2.24, 2.45) is 5.92 Å². The molecule has 1 saturated carbocycles. The summed E-state index contributed by atoms with van der Waals surface area (Å²) < 4.78 is 29.7. The Bertz CT molecular complexity index is 1360. The zero-order chi connectivity index (χ0) is 25.4. The maximum atomic E-state index is 14.1. The van der Waals surface area contributed by atoms with Gasteiger partial charge in [-0.25, -0.2) is 18.1 Å². The number of H-pyrrole nitrogens is 1. The van der Waals surface area contributed by atoms with Gasteiger partial charge in [0.2, 0.25) is 11.5 Å². The minimum absolute atomic E-state index is 0.0145. The minimum Gasteiger partial charge on any atom is -0.353 e. The molecule has 1 saturated heterocycles. The monoisotopic (exact) mass is 511 g/mol. The number of halogens is 2. The summed E-state index contributed by atoms with van der Waals surface area (Å²) in [5.74, 6) is 0.282. The number of benzene rings is 1. The third-order valence-electron chi connectivity index (χ3n) is 6.46. The first kappa shape index (κ1) is 24.5. The van der Waals surface area contributed by atoms with Crippen molar-refractivity contribution in [1.29, 1.82) is 0 Å². The van der Waals surface area contributed by atoms with E-state index in [1.54, 1.807) is 18.3 Å². The number of hydrogen-bond donors (Lipinski definition) is 2. The van der Waals surface area contributed by atoms with Crippen LogP contribution in [0.3, 0.4) is 0 Å². The number of carbonyl (C=O) groups is 1. The standard InChI is InChI=1S/C26H27F2N5O2S/c1-15-13-29-23(30-26(35)17-3-4-17)12-20(15)18-9-24(31-25(34)10-18)33-8-7-32(14-16(33)2)36-22-11-19(27)5-6-21(22)28/h5-6,9-13,16-17H,3-4,7-8,14H2,1-2H3,(H,31,34)(H,29,30,35). The van der Waals surface area contributed by atoms with E-state index in [-0.39, 0.29) is 28.3 Å². The normalized spacial score (nSPS) is 18.3. The number of pyridine rings is 2. The lowest BCUT2D eigenvalue weighted by atomic mass is 10.0. The maximum Gasteiger partial charge on any atom is 0.250 e. The second-order valence-corrected chi connectivity index (χ2v) is 10.5. The van der Waals surface area contributed by atoms with Gasteiger partial charge in [0.05, 0.1) is 4.90 Å². The van der Waals surface area contributed by atoms with E-state index >= 15 is 0 Å². The highest BCUT2D eigenvalue weighted by Gasteiger charge is 2.30. The van der Waals surface area contributed by atoms with E-state index < -0.39 is 11.6 Å². The fourth-order valence-corrected chi connectivity index (χ4v) is 5.43. The topological polar surface area (TPSA) is 81.3 Å². The Kier molecular flexibility index (Phi) is 6.81. The van der Waals surface area contributed by atoms with Crippen molar-refractivity contribution in [3.05, 3.63) is 70.1 Å². The molecule has 2 fully saturated rings. The highest BCUT2D eigenvalue weighted by molar-refractivity contribution is 7.97. The van der Waals surface area contributed by atoms with E-state index in [1.165, 1.54) is 18.0 Å². The van der Waals surface area contributed by atoms with Gasteiger partial charge in [-0.2, -0.15) is 0 Å². The number of hydrogen-bond acceptors (Lipinski definition) is 6. The van der Waals surface area contributed by atoms with Crippen LogP contribution in [0, 0.1) is 24.5 Å². The Labute approximate surface area is 212 Å². The zero-order valence-electron chi connectivity index (χ0n) is 20.1. The molecule has 2 N–H and O–H groups in total. The van der Waals surface area contributed by atoms with E-state index in [0.717, 1.165) is 41.7 Å². The number of nitrogens with one attached hydrogen (secondary N) is 2. The van der Waals surface area contributed by atoms with Crippen LogP contribution < -0.4 is 15.8 Å². The molecule has 0 bridgehead atoms. The van der Waals surface area contributed by atoms with E-state index in [2.05, 4.69) is 20.2 Å². The molecule has 0 radical (unpaired) electrons. The summed E-state index contributed by atoms with van der Waals surface area (Å²) in [5, 5.41) is 2.87. The summed E-state index contributed by atoms with van der Waals surface area (Å²) >= 11 is 1.20. The highest BCUT2D eigenvalue weighted by Crippen LogP contribution is 2.33. The van der Waals surface area contributed by atoms with Gasteiger partial charge < -0.3 is 15.2 Å². The van der Waals surface area contributed by atoms with Crippen LogP contribution in [-0.2, 0) is 4.79 Å². The van der Waals surface area contributed by atoms with Gasteiger partial charge in [-0.15, -0.1) is 0 Å². The van der Waals surface area contributed by atoms with Crippen molar-refractivity contribution in [2.75, 3.05) is 29.9 Å². The number of anilines is 2. The van der Waals surface area contributed by atoms with Crippen LogP contribution in [0.4, 0.5) is 20.4 Å². The maximum absolute atomic E-state index is 14.1. The van der Waals surface area contributed by atoms with Gasteiger partial charge in [0.1, 0.15) is 23.3 Å². The number of carbonyl (C=O) groups excluding carboxylic acids is 1. The lowest BCUT2D eigenvalue weighted by molar-refractivity contribution is -0.117. The molecule has 0 spiro atoms. The van der Waals surface area contributed by atoms with Crippen molar-refractivity contribution < 1.29 is 13.6 Å². The molecule has 1 aliphatic carbocycles. The van der Waals surface area contributed by atoms with Gasteiger partial charge in [-0.1, -0.05) is 0 Å². The van der Waals surface area contributed by atoms with E-state index in [1.807, 2.05) is 24.2 Å². The van der Waals surface area contributed by atoms with E-state index in [4.69, 9.17) is 0 Å². The smallest absolute Gasteiger partial charge is 0.250 e. The van der Waals surface area contributed by atoms with Gasteiger partial charge in [0, 0.05) is 43.9 Å². The predicted octanol–water partition coefficient (Wildman–Crippen LogP) is 4.59. The van der Waals surface area contributed by atoms with Gasteiger partial charge in [-0.3, -0.25) is 9.59 Å². The minimum atomic E-state index is -0.471. The molecule has 1 aliphatic heterocycles. The quantitative estimate of drug-likeness (QED) is 0.471. The van der Waals surface area contributed by atoms with Crippen LogP contribution in [0.2, 0.25) is 0 Å². The molecule has 1 unspecified atom stereocenters. The Hall–Kier alpha value is -3.24. The number of piperazine rings is 1. The molecule has 10 heteroatoms. The van der Waals surface area contributed by atoms with Gasteiger partial charge in [0.15, 0.2) is 0 Å². The zero-order valence-corrected chi connectivity index (χ0v) is 20.9. The van der Waals surface area contributed by atoms with Gasteiger partial charge in [-0.05, 0) is 85.7 Å². The SMILES string of the molecule is Cc1cnc(NC(=O)C2CC2)cc1-c1cc(N2CCN(Sc3cc(F)ccc3F)CC2C)[nH]c(=O)c1. The first-order valence-electron chi connectivity index (χ1n) is 11.9. The molecule has 188 valence electrons. The molecule has 36 heavy (non-hydrogen) atoms. The second-order valence-electron chi connectivity index (χ2n) is 9.36. The van der Waals surface area contributed by atoms with Crippen molar-refractivity contribution in [2.45, 2.75) is 37.6 Å². The first-order chi connectivity index (χ1) is 17.3. The average molecular weight is 512 g/mol. The number of aromatic amines is 1. The van der Waals surface area contributed by atoms with Crippen LogP contribution in [0.15, 0.2) is 52.3 Å². The Balaban J connectivity index is 1.34. The molecule has 1 atom stereocenters. The molecule has 5 rings (SSSR count). The number of aromatic nitrogens is 2. The van der Waals surface area contributed by atoms with Crippen molar-refractivity contribution in [3.8, 4) is 11.1 Å². The lowest BCUT2D eigenvalue weighted by Crippen LogP contribution is -2.50. The van der Waals surface area contributed by atoms with Crippen molar-refractivity contribution in [1.82, 2.24) is 14.3 Å². The number of aryl methyl sites for hydroxylation is 1.